The van der Waals surface area contributed by atoms with Crippen molar-refractivity contribution in [3.63, 3.8) is 0 Å². The zero-order valence-electron chi connectivity index (χ0n) is 17.7. The summed E-state index contributed by atoms with van der Waals surface area (Å²) in [5.74, 6) is 0.853. The number of aryl methyl sites for hydroxylation is 4. The average Bonchev–Trinajstić information content (AvgIpc) is 3.12. The van der Waals surface area contributed by atoms with Crippen molar-refractivity contribution in [2.45, 2.75) is 27.4 Å². The van der Waals surface area contributed by atoms with Crippen LogP contribution in [0.4, 0.5) is 5.69 Å². The monoisotopic (exact) mass is 406 g/mol. The number of ether oxygens (including phenoxy) is 1. The quantitative estimate of drug-likeness (QED) is 0.631. The van der Waals surface area contributed by atoms with Crippen LogP contribution in [0, 0.1) is 20.8 Å². The Hall–Kier alpha value is -3.61. The summed E-state index contributed by atoms with van der Waals surface area (Å²) in [4.78, 5) is 28.8. The van der Waals surface area contributed by atoms with Crippen LogP contribution in [0.25, 0.3) is 0 Å². The van der Waals surface area contributed by atoms with Crippen molar-refractivity contribution < 1.29 is 14.3 Å². The third-order valence-corrected chi connectivity index (χ3v) is 4.76. The van der Waals surface area contributed by atoms with Gasteiger partial charge in [0.15, 0.2) is 0 Å². The maximum absolute atomic E-state index is 12.3. The van der Waals surface area contributed by atoms with Gasteiger partial charge in [-0.2, -0.15) is 0 Å². The van der Waals surface area contributed by atoms with Gasteiger partial charge in [-0.1, -0.05) is 17.7 Å². The first-order chi connectivity index (χ1) is 14.3. The summed E-state index contributed by atoms with van der Waals surface area (Å²) in [6.07, 6.45) is 3.56. The molecule has 0 aliphatic carbocycles. The normalized spacial score (nSPS) is 10.5. The fourth-order valence-corrected chi connectivity index (χ4v) is 3.21. The Morgan fingerprint density at radius 2 is 1.73 bits per heavy atom. The number of nitrogens with one attached hydrogen (secondary N) is 2. The summed E-state index contributed by atoms with van der Waals surface area (Å²) in [5, 5.41) is 5.52. The molecule has 0 atom stereocenters. The van der Waals surface area contributed by atoms with Gasteiger partial charge in [0.25, 0.3) is 5.91 Å². The fraction of sp³-hybridized carbons (Fsp3) is 0.261. The molecule has 0 spiro atoms. The van der Waals surface area contributed by atoms with Crippen LogP contribution in [0.2, 0.25) is 0 Å². The third kappa shape index (κ3) is 5.26. The molecule has 0 saturated heterocycles. The second-order valence-electron chi connectivity index (χ2n) is 7.27. The standard InChI is InChI=1S/C23H26N4O3/c1-15-11-16(2)22(17(3)12-15)26-21(28)13-25-23(29)18-5-7-19(8-6-18)30-14-20-24-9-10-27(20)4/h5-12H,13-14H2,1-4H3,(H,25,29)(H,26,28). The van der Waals surface area contributed by atoms with E-state index in [1.165, 1.54) is 0 Å². The predicted molar refractivity (Wildman–Crippen MR) is 116 cm³/mol. The minimum absolute atomic E-state index is 0.108. The van der Waals surface area contributed by atoms with Crippen LogP contribution in [-0.4, -0.2) is 27.9 Å². The topological polar surface area (TPSA) is 85.2 Å². The maximum atomic E-state index is 12.3. The van der Waals surface area contributed by atoms with Crippen molar-refractivity contribution in [1.82, 2.24) is 14.9 Å². The lowest BCUT2D eigenvalue weighted by atomic mass is 10.1. The Morgan fingerprint density at radius 3 is 2.33 bits per heavy atom. The number of benzene rings is 2. The minimum atomic E-state index is -0.321. The van der Waals surface area contributed by atoms with Crippen molar-refractivity contribution in [2.24, 2.45) is 7.05 Å². The smallest absolute Gasteiger partial charge is 0.251 e. The number of carbonyl (C=O) groups is 2. The van der Waals surface area contributed by atoms with Crippen LogP contribution >= 0.6 is 0 Å². The van der Waals surface area contributed by atoms with Gasteiger partial charge in [-0.3, -0.25) is 9.59 Å². The molecule has 0 bridgehead atoms. The van der Waals surface area contributed by atoms with Crippen LogP contribution in [0.3, 0.4) is 0 Å². The third-order valence-electron chi connectivity index (χ3n) is 4.76. The van der Waals surface area contributed by atoms with Crippen molar-refractivity contribution in [3.05, 3.63) is 76.9 Å². The van der Waals surface area contributed by atoms with Gasteiger partial charge < -0.3 is 19.9 Å². The molecule has 7 nitrogen and oxygen atoms in total. The van der Waals surface area contributed by atoms with E-state index in [0.29, 0.717) is 17.9 Å². The van der Waals surface area contributed by atoms with Gasteiger partial charge in [0.05, 0.1) is 6.54 Å². The molecule has 3 rings (SSSR count). The number of amides is 2. The molecule has 0 saturated carbocycles. The Bertz CT molecular complexity index is 1030. The number of anilines is 1. The average molecular weight is 406 g/mol. The first-order valence-electron chi connectivity index (χ1n) is 9.68. The van der Waals surface area contributed by atoms with Gasteiger partial charge in [-0.25, -0.2) is 4.98 Å². The van der Waals surface area contributed by atoms with Crippen molar-refractivity contribution in [2.75, 3.05) is 11.9 Å². The van der Waals surface area contributed by atoms with Crippen LogP contribution in [0.1, 0.15) is 32.9 Å². The van der Waals surface area contributed by atoms with Gasteiger partial charge in [0.2, 0.25) is 5.91 Å². The molecule has 7 heteroatoms. The Morgan fingerprint density at radius 1 is 1.07 bits per heavy atom. The lowest BCUT2D eigenvalue weighted by Crippen LogP contribution is -2.33. The van der Waals surface area contributed by atoms with Crippen LogP contribution < -0.4 is 15.4 Å². The highest BCUT2D eigenvalue weighted by Crippen LogP contribution is 2.21. The van der Waals surface area contributed by atoms with E-state index in [9.17, 15) is 9.59 Å². The summed E-state index contributed by atoms with van der Waals surface area (Å²) >= 11 is 0. The van der Waals surface area contributed by atoms with Crippen molar-refractivity contribution in [3.8, 4) is 5.75 Å². The van der Waals surface area contributed by atoms with Crippen LogP contribution in [-0.2, 0) is 18.4 Å². The zero-order chi connectivity index (χ0) is 21.7. The summed E-state index contributed by atoms with van der Waals surface area (Å²) < 4.78 is 7.56. The van der Waals surface area contributed by atoms with E-state index in [0.717, 1.165) is 28.2 Å². The molecule has 156 valence electrons. The first kappa shape index (κ1) is 21.1. The molecule has 0 fully saturated rings. The largest absolute Gasteiger partial charge is 0.486 e. The minimum Gasteiger partial charge on any atom is -0.486 e. The van der Waals surface area contributed by atoms with Gasteiger partial charge in [0.1, 0.15) is 18.2 Å². The number of nitrogens with zero attached hydrogens (tertiary/aromatic N) is 2. The number of imidazole rings is 1. The van der Waals surface area contributed by atoms with Crippen molar-refractivity contribution in [1.29, 1.82) is 0 Å². The number of hydrogen-bond acceptors (Lipinski definition) is 4. The van der Waals surface area contributed by atoms with E-state index in [2.05, 4.69) is 15.6 Å². The van der Waals surface area contributed by atoms with Crippen LogP contribution in [0.5, 0.6) is 5.75 Å². The van der Waals surface area contributed by atoms with E-state index in [4.69, 9.17) is 4.74 Å². The highest BCUT2D eigenvalue weighted by Gasteiger charge is 2.11. The summed E-state index contributed by atoms with van der Waals surface area (Å²) in [5.41, 5.74) is 4.37. The van der Waals surface area contributed by atoms with E-state index < -0.39 is 0 Å². The Kier molecular flexibility index (Phi) is 6.51. The first-order valence-corrected chi connectivity index (χ1v) is 9.68. The van der Waals surface area contributed by atoms with Crippen molar-refractivity contribution >= 4 is 17.5 Å². The Balaban J connectivity index is 1.51. The van der Waals surface area contributed by atoms with Gasteiger partial charge >= 0.3 is 0 Å². The molecule has 0 unspecified atom stereocenters. The molecule has 3 aromatic rings. The SMILES string of the molecule is Cc1cc(C)c(NC(=O)CNC(=O)c2ccc(OCc3nccn3C)cc2)c(C)c1. The maximum Gasteiger partial charge on any atom is 0.251 e. The van der Waals surface area contributed by atoms with E-state index in [-0.39, 0.29) is 18.4 Å². The molecule has 1 heterocycles. The summed E-state index contributed by atoms with van der Waals surface area (Å²) in [6, 6.07) is 10.8. The molecule has 30 heavy (non-hydrogen) atoms. The van der Waals surface area contributed by atoms with Crippen LogP contribution in [0.15, 0.2) is 48.8 Å². The summed E-state index contributed by atoms with van der Waals surface area (Å²) in [7, 11) is 1.90. The number of hydrogen-bond donors (Lipinski definition) is 2. The fourth-order valence-electron chi connectivity index (χ4n) is 3.21. The highest BCUT2D eigenvalue weighted by atomic mass is 16.5. The second-order valence-corrected chi connectivity index (χ2v) is 7.27. The number of aromatic nitrogens is 2. The molecule has 0 aliphatic rings. The molecule has 2 N–H and O–H groups in total. The molecule has 1 aromatic heterocycles. The predicted octanol–water partition coefficient (Wildman–Crippen LogP) is 3.29. The van der Waals surface area contributed by atoms with Gasteiger partial charge in [0, 0.05) is 30.7 Å². The molecular formula is C23H26N4O3. The molecule has 0 aliphatic heterocycles. The number of rotatable bonds is 7. The van der Waals surface area contributed by atoms with E-state index >= 15 is 0 Å². The zero-order valence-corrected chi connectivity index (χ0v) is 17.7. The molecule has 2 aromatic carbocycles. The van der Waals surface area contributed by atoms with Gasteiger partial charge in [-0.05, 0) is 56.2 Å². The molecule has 0 radical (unpaired) electrons. The lowest BCUT2D eigenvalue weighted by Gasteiger charge is -2.13. The lowest BCUT2D eigenvalue weighted by molar-refractivity contribution is -0.115. The Labute approximate surface area is 176 Å². The molecular weight excluding hydrogens is 380 g/mol. The summed E-state index contributed by atoms with van der Waals surface area (Å²) in [6.45, 7) is 6.15. The number of carbonyl (C=O) groups excluding carboxylic acids is 2. The van der Waals surface area contributed by atoms with Gasteiger partial charge in [-0.15, -0.1) is 0 Å². The van der Waals surface area contributed by atoms with E-state index in [1.807, 2.05) is 50.7 Å². The van der Waals surface area contributed by atoms with E-state index in [1.54, 1.807) is 30.5 Å². The molecule has 2 amide bonds. The highest BCUT2D eigenvalue weighted by molar-refractivity contribution is 5.99. The second kappa shape index (κ2) is 9.26.